The molecule has 1 aliphatic carbocycles. The Kier molecular flexibility index (Phi) is 8.79. The standard InChI is InChI=1S/C13H26N2.C4H9NO2/c1-12(2)14-8-10-15(11-9-14)13-6-4-3-5-7-13;1-3(2)7-4(5)6/h12-13H,3-11H2,1-2H3;3H,1-2H3,(H2,5,6). The molecule has 0 spiro atoms. The van der Waals surface area contributed by atoms with Gasteiger partial charge >= 0.3 is 6.09 Å². The van der Waals surface area contributed by atoms with E-state index < -0.39 is 6.09 Å². The van der Waals surface area contributed by atoms with Crippen molar-refractivity contribution in [2.45, 2.75) is 78.0 Å². The third kappa shape index (κ3) is 7.45. The molecule has 0 aromatic carbocycles. The SMILES string of the molecule is CC(C)N1CCN(C2CCCCC2)CC1.CC(C)OC(N)=O. The van der Waals surface area contributed by atoms with Gasteiger partial charge in [0, 0.05) is 38.3 Å². The van der Waals surface area contributed by atoms with E-state index in [1.165, 1.54) is 58.3 Å². The third-order valence-corrected chi connectivity index (χ3v) is 4.52. The van der Waals surface area contributed by atoms with Gasteiger partial charge in [0.05, 0.1) is 6.10 Å². The average molecular weight is 313 g/mol. The Morgan fingerprint density at radius 2 is 1.55 bits per heavy atom. The lowest BCUT2D eigenvalue weighted by Gasteiger charge is -2.42. The van der Waals surface area contributed by atoms with Crippen LogP contribution in [0, 0.1) is 0 Å². The highest BCUT2D eigenvalue weighted by Gasteiger charge is 2.25. The van der Waals surface area contributed by atoms with Crippen molar-refractivity contribution in [3.05, 3.63) is 0 Å². The number of amides is 1. The zero-order valence-electron chi connectivity index (χ0n) is 14.9. The summed E-state index contributed by atoms with van der Waals surface area (Å²) in [4.78, 5) is 15.2. The average Bonchev–Trinajstić information content (AvgIpc) is 2.47. The zero-order valence-corrected chi connectivity index (χ0v) is 14.9. The van der Waals surface area contributed by atoms with Crippen LogP contribution in [-0.4, -0.2) is 60.3 Å². The largest absolute Gasteiger partial charge is 0.447 e. The van der Waals surface area contributed by atoms with E-state index in [4.69, 9.17) is 0 Å². The summed E-state index contributed by atoms with van der Waals surface area (Å²) >= 11 is 0. The number of carbonyl (C=O) groups is 1. The van der Waals surface area contributed by atoms with E-state index in [0.29, 0.717) is 0 Å². The van der Waals surface area contributed by atoms with Crippen LogP contribution >= 0.6 is 0 Å². The van der Waals surface area contributed by atoms with Crippen molar-refractivity contribution in [1.29, 1.82) is 0 Å². The van der Waals surface area contributed by atoms with Gasteiger partial charge in [0.1, 0.15) is 0 Å². The molecule has 5 heteroatoms. The topological polar surface area (TPSA) is 58.8 Å². The van der Waals surface area contributed by atoms with Gasteiger partial charge in [0.25, 0.3) is 0 Å². The fraction of sp³-hybridized carbons (Fsp3) is 0.941. The normalized spacial score (nSPS) is 21.5. The Labute approximate surface area is 136 Å². The summed E-state index contributed by atoms with van der Waals surface area (Å²) < 4.78 is 4.39. The Balaban J connectivity index is 0.000000295. The van der Waals surface area contributed by atoms with Crippen LogP contribution in [0.1, 0.15) is 59.8 Å². The number of ether oxygens (including phenoxy) is 1. The van der Waals surface area contributed by atoms with Gasteiger partial charge in [-0.1, -0.05) is 19.3 Å². The maximum atomic E-state index is 9.81. The lowest BCUT2D eigenvalue weighted by atomic mass is 9.94. The lowest BCUT2D eigenvalue weighted by Crippen LogP contribution is -2.52. The molecule has 2 N–H and O–H groups in total. The second kappa shape index (κ2) is 10.1. The lowest BCUT2D eigenvalue weighted by molar-refractivity contribution is 0.0644. The molecule has 1 heterocycles. The predicted octanol–water partition coefficient (Wildman–Crippen LogP) is 2.84. The predicted molar refractivity (Wildman–Crippen MR) is 91.0 cm³/mol. The number of hydrogen-bond acceptors (Lipinski definition) is 4. The molecular formula is C17H35N3O2. The Hall–Kier alpha value is -0.810. The molecule has 2 fully saturated rings. The molecule has 0 bridgehead atoms. The summed E-state index contributed by atoms with van der Waals surface area (Å²) in [5, 5.41) is 0. The van der Waals surface area contributed by atoms with Crippen molar-refractivity contribution >= 4 is 6.09 Å². The summed E-state index contributed by atoms with van der Waals surface area (Å²) in [6.45, 7) is 13.3. The minimum atomic E-state index is -0.713. The van der Waals surface area contributed by atoms with Crippen molar-refractivity contribution in [2.75, 3.05) is 26.2 Å². The molecule has 130 valence electrons. The van der Waals surface area contributed by atoms with Gasteiger partial charge in [-0.2, -0.15) is 0 Å². The van der Waals surface area contributed by atoms with Gasteiger partial charge in [0.15, 0.2) is 0 Å². The van der Waals surface area contributed by atoms with Crippen LogP contribution in [0.3, 0.4) is 0 Å². The third-order valence-electron chi connectivity index (χ3n) is 4.52. The number of nitrogens with two attached hydrogens (primary N) is 1. The van der Waals surface area contributed by atoms with E-state index in [2.05, 4.69) is 34.1 Å². The summed E-state index contributed by atoms with van der Waals surface area (Å²) in [6.07, 6.45) is 6.52. The van der Waals surface area contributed by atoms with Gasteiger partial charge in [-0.05, 0) is 40.5 Å². The smallest absolute Gasteiger partial charge is 0.404 e. The van der Waals surface area contributed by atoms with Crippen molar-refractivity contribution in [2.24, 2.45) is 5.73 Å². The molecular weight excluding hydrogens is 278 g/mol. The first kappa shape index (κ1) is 19.2. The van der Waals surface area contributed by atoms with Gasteiger partial charge in [0.2, 0.25) is 0 Å². The molecule has 1 amide bonds. The summed E-state index contributed by atoms with van der Waals surface area (Å²) in [7, 11) is 0. The van der Waals surface area contributed by atoms with E-state index >= 15 is 0 Å². The second-order valence-corrected chi connectivity index (χ2v) is 6.94. The molecule has 22 heavy (non-hydrogen) atoms. The molecule has 1 saturated heterocycles. The maximum Gasteiger partial charge on any atom is 0.404 e. The van der Waals surface area contributed by atoms with Gasteiger partial charge in [-0.15, -0.1) is 0 Å². The highest BCUT2D eigenvalue weighted by atomic mass is 16.6. The van der Waals surface area contributed by atoms with Crippen LogP contribution in [0.4, 0.5) is 4.79 Å². The van der Waals surface area contributed by atoms with Gasteiger partial charge < -0.3 is 10.5 Å². The fourth-order valence-electron chi connectivity index (χ4n) is 3.30. The molecule has 5 nitrogen and oxygen atoms in total. The number of carbonyl (C=O) groups excluding carboxylic acids is 1. The number of piperazine rings is 1. The molecule has 0 aromatic heterocycles. The molecule has 2 rings (SSSR count). The first-order chi connectivity index (χ1) is 10.4. The molecule has 0 unspecified atom stereocenters. The Morgan fingerprint density at radius 1 is 1.00 bits per heavy atom. The first-order valence-corrected chi connectivity index (χ1v) is 8.84. The van der Waals surface area contributed by atoms with Crippen LogP contribution in [0.15, 0.2) is 0 Å². The van der Waals surface area contributed by atoms with Crippen LogP contribution in [0.5, 0.6) is 0 Å². The highest BCUT2D eigenvalue weighted by molar-refractivity contribution is 5.64. The molecule has 2 aliphatic rings. The molecule has 0 atom stereocenters. The van der Waals surface area contributed by atoms with Gasteiger partial charge in [-0.25, -0.2) is 4.79 Å². The minimum Gasteiger partial charge on any atom is -0.447 e. The van der Waals surface area contributed by atoms with Crippen molar-refractivity contribution in [3.63, 3.8) is 0 Å². The van der Waals surface area contributed by atoms with Gasteiger partial charge in [-0.3, -0.25) is 9.80 Å². The van der Waals surface area contributed by atoms with Crippen molar-refractivity contribution < 1.29 is 9.53 Å². The molecule has 0 radical (unpaired) electrons. The number of rotatable bonds is 3. The number of nitrogens with zero attached hydrogens (tertiary/aromatic N) is 2. The van der Waals surface area contributed by atoms with Crippen LogP contribution in [0.2, 0.25) is 0 Å². The van der Waals surface area contributed by atoms with Crippen molar-refractivity contribution in [3.8, 4) is 0 Å². The molecule has 1 aliphatic heterocycles. The van der Waals surface area contributed by atoms with E-state index in [-0.39, 0.29) is 6.10 Å². The van der Waals surface area contributed by atoms with E-state index in [9.17, 15) is 4.79 Å². The number of hydrogen-bond donors (Lipinski definition) is 1. The monoisotopic (exact) mass is 313 g/mol. The molecule has 0 aromatic rings. The summed E-state index contributed by atoms with van der Waals surface area (Å²) in [5.74, 6) is 0. The van der Waals surface area contributed by atoms with Crippen LogP contribution in [-0.2, 0) is 4.74 Å². The minimum absolute atomic E-state index is 0.0995. The van der Waals surface area contributed by atoms with Crippen molar-refractivity contribution in [1.82, 2.24) is 9.80 Å². The second-order valence-electron chi connectivity index (χ2n) is 6.94. The fourth-order valence-corrected chi connectivity index (χ4v) is 3.30. The molecule has 1 saturated carbocycles. The Morgan fingerprint density at radius 3 is 1.91 bits per heavy atom. The quantitative estimate of drug-likeness (QED) is 0.870. The zero-order chi connectivity index (χ0) is 16.5. The summed E-state index contributed by atoms with van der Waals surface area (Å²) in [5.41, 5.74) is 4.63. The first-order valence-electron chi connectivity index (χ1n) is 8.84. The van der Waals surface area contributed by atoms with E-state index in [1.807, 2.05) is 0 Å². The van der Waals surface area contributed by atoms with Crippen LogP contribution < -0.4 is 5.73 Å². The Bertz CT molecular complexity index is 307. The maximum absolute atomic E-state index is 9.81. The summed E-state index contributed by atoms with van der Waals surface area (Å²) in [6, 6.07) is 1.66. The highest BCUT2D eigenvalue weighted by Crippen LogP contribution is 2.23. The van der Waals surface area contributed by atoms with E-state index in [1.54, 1.807) is 13.8 Å². The van der Waals surface area contributed by atoms with E-state index in [0.717, 1.165) is 12.1 Å². The number of primary amides is 1. The van der Waals surface area contributed by atoms with Crippen LogP contribution in [0.25, 0.3) is 0 Å².